The molecule has 0 aliphatic carbocycles. The fraction of sp³-hybridized carbons (Fsp3) is 0.364. The molecule has 1 aliphatic heterocycles. The minimum Gasteiger partial charge on any atom is -0.481 e. The van der Waals surface area contributed by atoms with Gasteiger partial charge in [-0.25, -0.2) is 0 Å². The van der Waals surface area contributed by atoms with Crippen LogP contribution < -0.4 is 10.9 Å². The Hall–Kier alpha value is -1.10. The third kappa shape index (κ3) is 2.52. The van der Waals surface area contributed by atoms with Crippen LogP contribution >= 0.6 is 11.6 Å². The second-order valence-corrected chi connectivity index (χ2v) is 4.34. The van der Waals surface area contributed by atoms with Crippen molar-refractivity contribution in [2.75, 3.05) is 6.54 Å². The van der Waals surface area contributed by atoms with Gasteiger partial charge >= 0.3 is 5.97 Å². The summed E-state index contributed by atoms with van der Waals surface area (Å²) in [7, 11) is 0. The van der Waals surface area contributed by atoms with Crippen LogP contribution in [0.2, 0.25) is 5.02 Å². The van der Waals surface area contributed by atoms with Gasteiger partial charge in [0.15, 0.2) is 0 Å². The van der Waals surface area contributed by atoms with Gasteiger partial charge in [0.2, 0.25) is 0 Å². The summed E-state index contributed by atoms with van der Waals surface area (Å²) < 4.78 is 0. The molecule has 5 heteroatoms. The SMILES string of the molecule is O=C(O)C1CNNC1Cc1ccc(Cl)cc1. The number of halogens is 1. The molecule has 1 fully saturated rings. The van der Waals surface area contributed by atoms with Gasteiger partial charge in [0.05, 0.1) is 5.92 Å². The summed E-state index contributed by atoms with van der Waals surface area (Å²) in [4.78, 5) is 11.0. The number of carbonyl (C=O) groups is 1. The molecule has 0 amide bonds. The Kier molecular flexibility index (Phi) is 3.43. The van der Waals surface area contributed by atoms with Crippen LogP contribution in [0.15, 0.2) is 24.3 Å². The highest BCUT2D eigenvalue weighted by atomic mass is 35.5. The lowest BCUT2D eigenvalue weighted by Crippen LogP contribution is -2.35. The van der Waals surface area contributed by atoms with Crippen LogP contribution in [0.5, 0.6) is 0 Å². The van der Waals surface area contributed by atoms with Crippen molar-refractivity contribution in [3.8, 4) is 0 Å². The highest BCUT2D eigenvalue weighted by molar-refractivity contribution is 6.30. The second kappa shape index (κ2) is 4.82. The molecular weight excluding hydrogens is 228 g/mol. The molecule has 1 aliphatic rings. The molecule has 0 saturated carbocycles. The van der Waals surface area contributed by atoms with Crippen molar-refractivity contribution in [1.29, 1.82) is 0 Å². The third-order valence-electron chi connectivity index (χ3n) is 2.78. The summed E-state index contributed by atoms with van der Waals surface area (Å²) in [6.45, 7) is 0.466. The van der Waals surface area contributed by atoms with Gasteiger partial charge in [-0.05, 0) is 24.1 Å². The standard InChI is InChI=1S/C11H13ClN2O2/c12-8-3-1-7(2-4-8)5-10-9(11(15)16)6-13-14-10/h1-4,9-10,13-14H,5-6H2,(H,15,16). The Labute approximate surface area is 98.6 Å². The smallest absolute Gasteiger partial charge is 0.309 e. The van der Waals surface area contributed by atoms with Crippen LogP contribution in [0.3, 0.4) is 0 Å². The number of hydrazine groups is 1. The van der Waals surface area contributed by atoms with E-state index < -0.39 is 5.97 Å². The van der Waals surface area contributed by atoms with Gasteiger partial charge in [-0.3, -0.25) is 15.6 Å². The number of carboxylic acids is 1. The highest BCUT2D eigenvalue weighted by Crippen LogP contribution is 2.16. The van der Waals surface area contributed by atoms with Crippen LogP contribution in [-0.2, 0) is 11.2 Å². The maximum Gasteiger partial charge on any atom is 0.309 e. The van der Waals surface area contributed by atoms with Gasteiger partial charge in [0.25, 0.3) is 0 Å². The molecule has 1 aromatic carbocycles. The molecule has 0 radical (unpaired) electrons. The molecule has 0 spiro atoms. The van der Waals surface area contributed by atoms with Gasteiger partial charge < -0.3 is 5.11 Å². The lowest BCUT2D eigenvalue weighted by Gasteiger charge is -2.14. The van der Waals surface area contributed by atoms with Crippen molar-refractivity contribution in [2.24, 2.45) is 5.92 Å². The zero-order valence-corrected chi connectivity index (χ0v) is 9.37. The van der Waals surface area contributed by atoms with Crippen LogP contribution in [-0.4, -0.2) is 23.7 Å². The van der Waals surface area contributed by atoms with E-state index >= 15 is 0 Å². The summed E-state index contributed by atoms with van der Waals surface area (Å²) in [6, 6.07) is 7.39. The topological polar surface area (TPSA) is 61.4 Å². The van der Waals surface area contributed by atoms with Crippen molar-refractivity contribution in [3.63, 3.8) is 0 Å². The molecule has 86 valence electrons. The van der Waals surface area contributed by atoms with Gasteiger partial charge in [-0.1, -0.05) is 23.7 Å². The molecule has 0 aromatic heterocycles. The summed E-state index contributed by atoms with van der Waals surface area (Å²) >= 11 is 5.79. The van der Waals surface area contributed by atoms with Crippen molar-refractivity contribution in [2.45, 2.75) is 12.5 Å². The van der Waals surface area contributed by atoms with Gasteiger partial charge in [-0.2, -0.15) is 0 Å². The molecule has 3 N–H and O–H groups in total. The number of aliphatic carboxylic acids is 1. The normalized spacial score (nSPS) is 24.6. The van der Waals surface area contributed by atoms with Gasteiger partial charge in [0, 0.05) is 17.6 Å². The van der Waals surface area contributed by atoms with Crippen LogP contribution in [0.4, 0.5) is 0 Å². The number of benzene rings is 1. The molecule has 2 rings (SSSR count). The van der Waals surface area contributed by atoms with Crippen LogP contribution in [0, 0.1) is 5.92 Å². The molecule has 2 atom stereocenters. The van der Waals surface area contributed by atoms with E-state index in [1.165, 1.54) is 0 Å². The summed E-state index contributed by atoms with van der Waals surface area (Å²) in [5, 5.41) is 9.70. The largest absolute Gasteiger partial charge is 0.481 e. The third-order valence-corrected chi connectivity index (χ3v) is 3.03. The maximum absolute atomic E-state index is 11.0. The Morgan fingerprint density at radius 3 is 2.75 bits per heavy atom. The Morgan fingerprint density at radius 2 is 2.12 bits per heavy atom. The van der Waals surface area contributed by atoms with E-state index in [9.17, 15) is 4.79 Å². The minimum atomic E-state index is -0.767. The Bertz CT molecular complexity index is 380. The van der Waals surface area contributed by atoms with E-state index in [-0.39, 0.29) is 12.0 Å². The average Bonchev–Trinajstić information content (AvgIpc) is 2.69. The second-order valence-electron chi connectivity index (χ2n) is 3.91. The van der Waals surface area contributed by atoms with Crippen molar-refractivity contribution >= 4 is 17.6 Å². The molecule has 1 heterocycles. The molecule has 4 nitrogen and oxygen atoms in total. The van der Waals surface area contributed by atoms with E-state index in [1.807, 2.05) is 24.3 Å². The van der Waals surface area contributed by atoms with E-state index in [2.05, 4.69) is 10.9 Å². The summed E-state index contributed by atoms with van der Waals surface area (Å²) in [5.41, 5.74) is 6.95. The average molecular weight is 241 g/mol. The zero-order chi connectivity index (χ0) is 11.5. The molecular formula is C11H13ClN2O2. The molecule has 16 heavy (non-hydrogen) atoms. The van der Waals surface area contributed by atoms with E-state index in [4.69, 9.17) is 16.7 Å². The number of hydrogen-bond donors (Lipinski definition) is 3. The summed E-state index contributed by atoms with van der Waals surface area (Å²) in [6.07, 6.45) is 0.682. The maximum atomic E-state index is 11.0. The van der Waals surface area contributed by atoms with E-state index in [0.717, 1.165) is 5.56 Å². The van der Waals surface area contributed by atoms with Crippen molar-refractivity contribution in [1.82, 2.24) is 10.9 Å². The first-order valence-electron chi connectivity index (χ1n) is 5.12. The van der Waals surface area contributed by atoms with Crippen LogP contribution in [0.25, 0.3) is 0 Å². The summed E-state index contributed by atoms with van der Waals surface area (Å²) in [5.74, 6) is -1.15. The van der Waals surface area contributed by atoms with Crippen LogP contribution in [0.1, 0.15) is 5.56 Å². The lowest BCUT2D eigenvalue weighted by atomic mass is 9.96. The monoisotopic (exact) mass is 240 g/mol. The first kappa shape index (κ1) is 11.4. The molecule has 1 saturated heterocycles. The first-order valence-corrected chi connectivity index (χ1v) is 5.50. The fourth-order valence-corrected chi connectivity index (χ4v) is 2.00. The van der Waals surface area contributed by atoms with E-state index in [1.54, 1.807) is 0 Å². The molecule has 1 aromatic rings. The number of hydrogen-bond acceptors (Lipinski definition) is 3. The predicted molar refractivity (Wildman–Crippen MR) is 61.2 cm³/mol. The van der Waals surface area contributed by atoms with Gasteiger partial charge in [-0.15, -0.1) is 0 Å². The van der Waals surface area contributed by atoms with E-state index in [0.29, 0.717) is 18.0 Å². The highest BCUT2D eigenvalue weighted by Gasteiger charge is 2.32. The Balaban J connectivity index is 2.03. The Morgan fingerprint density at radius 1 is 1.44 bits per heavy atom. The van der Waals surface area contributed by atoms with Crippen molar-refractivity contribution in [3.05, 3.63) is 34.9 Å². The quantitative estimate of drug-likeness (QED) is 0.740. The number of nitrogens with one attached hydrogen (secondary N) is 2. The molecule has 2 unspecified atom stereocenters. The van der Waals surface area contributed by atoms with Crippen molar-refractivity contribution < 1.29 is 9.90 Å². The zero-order valence-electron chi connectivity index (χ0n) is 8.61. The predicted octanol–water partition coefficient (Wildman–Crippen LogP) is 1.06. The van der Waals surface area contributed by atoms with Gasteiger partial charge in [0.1, 0.15) is 0 Å². The minimum absolute atomic E-state index is 0.0707. The number of carboxylic acid groups (broad SMARTS) is 1. The molecule has 0 bridgehead atoms. The number of rotatable bonds is 3. The fourth-order valence-electron chi connectivity index (χ4n) is 1.87. The first-order chi connectivity index (χ1) is 7.66. The lowest BCUT2D eigenvalue weighted by molar-refractivity contribution is -0.141.